The van der Waals surface area contributed by atoms with Crippen LogP contribution in [0, 0.1) is 11.6 Å². The fourth-order valence-corrected chi connectivity index (χ4v) is 3.07. The molecule has 124 valence electrons. The Hall–Kier alpha value is -3.08. The largest absolute Gasteiger partial charge is 0.360 e. The lowest BCUT2D eigenvalue weighted by molar-refractivity contribution is 0.0989. The molecule has 0 saturated heterocycles. The van der Waals surface area contributed by atoms with Gasteiger partial charge >= 0.3 is 0 Å². The van der Waals surface area contributed by atoms with Gasteiger partial charge in [-0.2, -0.15) is 0 Å². The molecule has 5 heteroatoms. The Morgan fingerprint density at radius 2 is 1.88 bits per heavy atom. The number of hydrogen-bond donors (Lipinski definition) is 1. The number of aromatic nitrogens is 2. The quantitative estimate of drug-likeness (QED) is 0.519. The number of aromatic amines is 1. The summed E-state index contributed by atoms with van der Waals surface area (Å²) in [5.41, 5.74) is 3.15. The number of carbonyl (C=O) groups excluding carboxylic acids is 1. The maximum atomic E-state index is 13.6. The molecular weight excluding hydrogens is 322 g/mol. The zero-order chi connectivity index (χ0) is 17.6. The van der Waals surface area contributed by atoms with E-state index in [1.54, 1.807) is 24.4 Å². The standard InChI is InChI=1S/C20H14F2N2O/c1-2-20(25)12-4-3-5-17-11(12)6-7-18(24-17)14-10-23-19-9-16(22)15(21)8-13(14)19/h3-10,23H,2H2,1H3. The van der Waals surface area contributed by atoms with Gasteiger partial charge in [0.25, 0.3) is 0 Å². The molecule has 3 nitrogen and oxygen atoms in total. The van der Waals surface area contributed by atoms with E-state index in [1.807, 2.05) is 19.1 Å². The number of ketones is 1. The fraction of sp³-hybridized carbons (Fsp3) is 0.100. The lowest BCUT2D eigenvalue weighted by Crippen LogP contribution is -1.98. The molecule has 0 aliphatic carbocycles. The highest BCUT2D eigenvalue weighted by atomic mass is 19.2. The van der Waals surface area contributed by atoms with Crippen molar-refractivity contribution in [3.63, 3.8) is 0 Å². The number of nitrogens with zero attached hydrogens (tertiary/aromatic N) is 1. The Labute approximate surface area is 142 Å². The minimum atomic E-state index is -0.898. The third kappa shape index (κ3) is 2.48. The molecule has 0 saturated carbocycles. The summed E-state index contributed by atoms with van der Waals surface area (Å²) < 4.78 is 27.0. The molecule has 2 aromatic carbocycles. The summed E-state index contributed by atoms with van der Waals surface area (Å²) in [7, 11) is 0. The summed E-state index contributed by atoms with van der Waals surface area (Å²) in [6.07, 6.45) is 2.10. The topological polar surface area (TPSA) is 45.8 Å². The van der Waals surface area contributed by atoms with Gasteiger partial charge in [0, 0.05) is 46.1 Å². The van der Waals surface area contributed by atoms with Crippen molar-refractivity contribution in [3.8, 4) is 11.3 Å². The fourth-order valence-electron chi connectivity index (χ4n) is 3.07. The predicted octanol–water partition coefficient (Wildman–Crippen LogP) is 5.25. The van der Waals surface area contributed by atoms with Crippen LogP contribution in [0.3, 0.4) is 0 Å². The average molecular weight is 336 g/mol. The smallest absolute Gasteiger partial charge is 0.163 e. The van der Waals surface area contributed by atoms with Gasteiger partial charge in [-0.25, -0.2) is 13.8 Å². The zero-order valence-electron chi connectivity index (χ0n) is 13.4. The number of pyridine rings is 1. The van der Waals surface area contributed by atoms with E-state index in [2.05, 4.69) is 9.97 Å². The van der Waals surface area contributed by atoms with Crippen molar-refractivity contribution in [2.45, 2.75) is 13.3 Å². The molecule has 1 N–H and O–H groups in total. The van der Waals surface area contributed by atoms with E-state index in [0.717, 1.165) is 11.5 Å². The molecule has 4 aromatic rings. The van der Waals surface area contributed by atoms with Crippen molar-refractivity contribution in [1.82, 2.24) is 9.97 Å². The number of fused-ring (bicyclic) bond motifs is 2. The summed E-state index contributed by atoms with van der Waals surface area (Å²) in [5.74, 6) is -1.73. The number of benzene rings is 2. The number of Topliss-reactive ketones (excluding diaryl/α,β-unsaturated/α-hetero) is 1. The van der Waals surface area contributed by atoms with Gasteiger partial charge in [0.15, 0.2) is 17.4 Å². The van der Waals surface area contributed by atoms with E-state index in [0.29, 0.717) is 39.7 Å². The van der Waals surface area contributed by atoms with Crippen LogP contribution in [0.1, 0.15) is 23.7 Å². The van der Waals surface area contributed by atoms with Crippen molar-refractivity contribution < 1.29 is 13.6 Å². The first-order chi connectivity index (χ1) is 12.1. The Kier molecular flexibility index (Phi) is 3.57. The first-order valence-corrected chi connectivity index (χ1v) is 7.98. The SMILES string of the molecule is CCC(=O)c1cccc2nc(-c3c[nH]c4cc(F)c(F)cc34)ccc12. The van der Waals surface area contributed by atoms with Gasteiger partial charge in [0.2, 0.25) is 0 Å². The maximum absolute atomic E-state index is 13.6. The minimum Gasteiger partial charge on any atom is -0.360 e. The van der Waals surface area contributed by atoms with Crippen molar-refractivity contribution in [1.29, 1.82) is 0 Å². The number of nitrogens with one attached hydrogen (secondary N) is 1. The first kappa shape index (κ1) is 15.4. The van der Waals surface area contributed by atoms with Crippen LogP contribution in [0.5, 0.6) is 0 Å². The summed E-state index contributed by atoms with van der Waals surface area (Å²) >= 11 is 0. The molecule has 0 unspecified atom stereocenters. The molecular formula is C20H14F2N2O. The Morgan fingerprint density at radius 1 is 1.08 bits per heavy atom. The number of halogens is 2. The van der Waals surface area contributed by atoms with Gasteiger partial charge in [-0.3, -0.25) is 4.79 Å². The van der Waals surface area contributed by atoms with Gasteiger partial charge in [0.1, 0.15) is 0 Å². The summed E-state index contributed by atoms with van der Waals surface area (Å²) in [4.78, 5) is 19.6. The molecule has 0 radical (unpaired) electrons. The lowest BCUT2D eigenvalue weighted by atomic mass is 10.0. The van der Waals surface area contributed by atoms with Crippen LogP contribution < -0.4 is 0 Å². The molecule has 0 bridgehead atoms. The van der Waals surface area contributed by atoms with Crippen molar-refractivity contribution >= 4 is 27.6 Å². The average Bonchev–Trinajstić information content (AvgIpc) is 3.03. The van der Waals surface area contributed by atoms with Gasteiger partial charge in [-0.1, -0.05) is 19.1 Å². The van der Waals surface area contributed by atoms with Crippen molar-refractivity contribution in [2.24, 2.45) is 0 Å². The number of H-pyrrole nitrogens is 1. The zero-order valence-corrected chi connectivity index (χ0v) is 13.4. The molecule has 0 spiro atoms. The Balaban J connectivity index is 1.91. The molecule has 0 amide bonds. The number of hydrogen-bond acceptors (Lipinski definition) is 2. The monoisotopic (exact) mass is 336 g/mol. The summed E-state index contributed by atoms with van der Waals surface area (Å²) in [6.45, 7) is 1.82. The number of carbonyl (C=O) groups is 1. The highest BCUT2D eigenvalue weighted by molar-refractivity contribution is 6.07. The van der Waals surface area contributed by atoms with Crippen LogP contribution in [0.25, 0.3) is 33.1 Å². The molecule has 25 heavy (non-hydrogen) atoms. The Morgan fingerprint density at radius 3 is 2.68 bits per heavy atom. The van der Waals surface area contributed by atoms with Gasteiger partial charge in [0.05, 0.1) is 11.2 Å². The second-order valence-corrected chi connectivity index (χ2v) is 5.86. The third-order valence-corrected chi connectivity index (χ3v) is 4.35. The lowest BCUT2D eigenvalue weighted by Gasteiger charge is -2.06. The van der Waals surface area contributed by atoms with Crippen LogP contribution in [-0.4, -0.2) is 15.8 Å². The molecule has 4 rings (SSSR count). The first-order valence-electron chi connectivity index (χ1n) is 7.98. The van der Waals surface area contributed by atoms with Crippen molar-refractivity contribution in [3.05, 3.63) is 65.9 Å². The van der Waals surface area contributed by atoms with E-state index in [1.165, 1.54) is 6.07 Å². The van der Waals surface area contributed by atoms with E-state index in [4.69, 9.17) is 0 Å². The highest BCUT2D eigenvalue weighted by Crippen LogP contribution is 2.30. The summed E-state index contributed by atoms with van der Waals surface area (Å²) in [5, 5.41) is 1.35. The van der Waals surface area contributed by atoms with E-state index >= 15 is 0 Å². The van der Waals surface area contributed by atoms with E-state index < -0.39 is 11.6 Å². The number of rotatable bonds is 3. The van der Waals surface area contributed by atoms with Crippen LogP contribution in [0.4, 0.5) is 8.78 Å². The molecule has 0 aliphatic rings. The molecule has 0 atom stereocenters. The summed E-state index contributed by atoms with van der Waals surface area (Å²) in [6, 6.07) is 11.4. The normalized spacial score (nSPS) is 11.3. The third-order valence-electron chi connectivity index (χ3n) is 4.35. The van der Waals surface area contributed by atoms with Gasteiger partial charge in [-0.15, -0.1) is 0 Å². The van der Waals surface area contributed by atoms with Crippen LogP contribution in [0.2, 0.25) is 0 Å². The van der Waals surface area contributed by atoms with Gasteiger partial charge < -0.3 is 4.98 Å². The molecule has 0 aliphatic heterocycles. The maximum Gasteiger partial charge on any atom is 0.163 e. The predicted molar refractivity (Wildman–Crippen MR) is 93.6 cm³/mol. The molecule has 2 heterocycles. The highest BCUT2D eigenvalue weighted by Gasteiger charge is 2.14. The molecule has 0 fully saturated rings. The van der Waals surface area contributed by atoms with Crippen LogP contribution >= 0.6 is 0 Å². The second kappa shape index (κ2) is 5.77. The minimum absolute atomic E-state index is 0.0600. The van der Waals surface area contributed by atoms with Gasteiger partial charge in [-0.05, 0) is 24.3 Å². The van der Waals surface area contributed by atoms with Crippen molar-refractivity contribution in [2.75, 3.05) is 0 Å². The molecule has 2 aromatic heterocycles. The van der Waals surface area contributed by atoms with Crippen LogP contribution in [0.15, 0.2) is 48.7 Å². The van der Waals surface area contributed by atoms with E-state index in [9.17, 15) is 13.6 Å². The second-order valence-electron chi connectivity index (χ2n) is 5.86. The Bertz CT molecular complexity index is 1130. The van der Waals surface area contributed by atoms with E-state index in [-0.39, 0.29) is 5.78 Å². The van der Waals surface area contributed by atoms with Crippen LogP contribution in [-0.2, 0) is 0 Å².